The zero-order valence-corrected chi connectivity index (χ0v) is 8.96. The Bertz CT molecular complexity index is 278. The highest BCUT2D eigenvalue weighted by Gasteiger charge is 2.32. The topological polar surface area (TPSA) is 59.1 Å². The van der Waals surface area contributed by atoms with Crippen molar-refractivity contribution in [2.24, 2.45) is 5.73 Å². The molecule has 0 unspecified atom stereocenters. The molecule has 1 aromatic heterocycles. The lowest BCUT2D eigenvalue weighted by molar-refractivity contribution is 0.000181. The Balaban J connectivity index is 1.96. The summed E-state index contributed by atoms with van der Waals surface area (Å²) in [5, 5.41) is 13.3. The number of nitrogens with zero attached hydrogens (tertiary/aromatic N) is 1. The zero-order valence-electron chi connectivity index (χ0n) is 8.15. The van der Waals surface area contributed by atoms with E-state index in [0.717, 1.165) is 30.7 Å². The third kappa shape index (κ3) is 2.32. The van der Waals surface area contributed by atoms with Crippen LogP contribution in [0.25, 0.3) is 0 Å². The van der Waals surface area contributed by atoms with Crippen molar-refractivity contribution in [1.29, 1.82) is 0 Å². The Labute approximate surface area is 88.0 Å². The lowest BCUT2D eigenvalue weighted by Gasteiger charge is -2.34. The van der Waals surface area contributed by atoms with Crippen LogP contribution in [0.3, 0.4) is 0 Å². The smallest absolute Gasteiger partial charge is 0.0953 e. The highest BCUT2D eigenvalue weighted by atomic mass is 32.1. The SMILES string of the molecule is NC1CCC(O)(Cc2nccs2)CC1. The highest BCUT2D eigenvalue weighted by Crippen LogP contribution is 2.31. The summed E-state index contributed by atoms with van der Waals surface area (Å²) < 4.78 is 0. The highest BCUT2D eigenvalue weighted by molar-refractivity contribution is 7.09. The second-order valence-electron chi connectivity index (χ2n) is 4.16. The molecule has 1 aromatic rings. The molecule has 1 aliphatic carbocycles. The lowest BCUT2D eigenvalue weighted by atomic mass is 9.80. The van der Waals surface area contributed by atoms with Gasteiger partial charge in [0.1, 0.15) is 0 Å². The van der Waals surface area contributed by atoms with Crippen LogP contribution in [0.5, 0.6) is 0 Å². The minimum absolute atomic E-state index is 0.284. The molecule has 0 saturated heterocycles. The molecule has 14 heavy (non-hydrogen) atoms. The van der Waals surface area contributed by atoms with E-state index < -0.39 is 5.60 Å². The first-order valence-corrected chi connectivity index (χ1v) is 5.92. The van der Waals surface area contributed by atoms with Crippen molar-refractivity contribution < 1.29 is 5.11 Å². The van der Waals surface area contributed by atoms with Crippen LogP contribution < -0.4 is 5.73 Å². The average Bonchev–Trinajstić information content (AvgIpc) is 2.63. The van der Waals surface area contributed by atoms with Crippen LogP contribution >= 0.6 is 11.3 Å². The van der Waals surface area contributed by atoms with Gasteiger partial charge in [-0.1, -0.05) is 0 Å². The Morgan fingerprint density at radius 3 is 2.86 bits per heavy atom. The maximum Gasteiger partial charge on any atom is 0.0953 e. The van der Waals surface area contributed by atoms with Crippen molar-refractivity contribution in [2.75, 3.05) is 0 Å². The van der Waals surface area contributed by atoms with Crippen LogP contribution in [0.4, 0.5) is 0 Å². The molecule has 1 heterocycles. The summed E-state index contributed by atoms with van der Waals surface area (Å²) in [6, 6.07) is 0.284. The molecule has 3 N–H and O–H groups in total. The molecule has 0 radical (unpaired) electrons. The van der Waals surface area contributed by atoms with E-state index in [1.54, 1.807) is 17.5 Å². The fourth-order valence-electron chi connectivity index (χ4n) is 1.98. The first kappa shape index (κ1) is 10.1. The van der Waals surface area contributed by atoms with Crippen LogP contribution in [0.2, 0.25) is 0 Å². The van der Waals surface area contributed by atoms with E-state index in [9.17, 15) is 5.11 Å². The largest absolute Gasteiger partial charge is 0.389 e. The van der Waals surface area contributed by atoms with Gasteiger partial charge in [0.05, 0.1) is 10.6 Å². The van der Waals surface area contributed by atoms with E-state index in [1.807, 2.05) is 5.38 Å². The van der Waals surface area contributed by atoms with Gasteiger partial charge in [0.15, 0.2) is 0 Å². The van der Waals surface area contributed by atoms with Gasteiger partial charge in [-0.2, -0.15) is 0 Å². The molecular weight excluding hydrogens is 196 g/mol. The number of aromatic nitrogens is 1. The van der Waals surface area contributed by atoms with Crippen molar-refractivity contribution in [3.05, 3.63) is 16.6 Å². The standard InChI is InChI=1S/C10H16N2OS/c11-8-1-3-10(13,4-2-8)7-9-12-5-6-14-9/h5-6,8,13H,1-4,7,11H2. The average molecular weight is 212 g/mol. The minimum Gasteiger partial charge on any atom is -0.389 e. The third-order valence-corrected chi connectivity index (χ3v) is 3.70. The third-order valence-electron chi connectivity index (χ3n) is 2.92. The summed E-state index contributed by atoms with van der Waals surface area (Å²) in [6.07, 6.45) is 5.97. The van der Waals surface area contributed by atoms with Gasteiger partial charge in [0.25, 0.3) is 0 Å². The van der Waals surface area contributed by atoms with Gasteiger partial charge in [-0.05, 0) is 25.7 Å². The molecule has 0 spiro atoms. The summed E-state index contributed by atoms with van der Waals surface area (Å²) >= 11 is 1.61. The fraction of sp³-hybridized carbons (Fsp3) is 0.700. The molecule has 1 aliphatic rings. The summed E-state index contributed by atoms with van der Waals surface area (Å²) in [6.45, 7) is 0. The maximum atomic E-state index is 10.3. The summed E-state index contributed by atoms with van der Waals surface area (Å²) in [4.78, 5) is 4.20. The van der Waals surface area contributed by atoms with E-state index in [4.69, 9.17) is 5.73 Å². The molecular formula is C10H16N2OS. The Hall–Kier alpha value is -0.450. The van der Waals surface area contributed by atoms with Gasteiger partial charge in [-0.25, -0.2) is 4.98 Å². The normalized spacial score (nSPS) is 33.1. The molecule has 0 atom stereocenters. The first-order chi connectivity index (χ1) is 6.68. The number of rotatable bonds is 2. The molecule has 0 aliphatic heterocycles. The van der Waals surface area contributed by atoms with Gasteiger partial charge in [0.2, 0.25) is 0 Å². The van der Waals surface area contributed by atoms with E-state index in [-0.39, 0.29) is 6.04 Å². The monoisotopic (exact) mass is 212 g/mol. The van der Waals surface area contributed by atoms with Crippen LogP contribution in [0.1, 0.15) is 30.7 Å². The van der Waals surface area contributed by atoms with Gasteiger partial charge < -0.3 is 10.8 Å². The van der Waals surface area contributed by atoms with Crippen LogP contribution in [0, 0.1) is 0 Å². The minimum atomic E-state index is -0.548. The van der Waals surface area contributed by atoms with Crippen molar-refractivity contribution in [3.63, 3.8) is 0 Å². The Morgan fingerprint density at radius 2 is 2.29 bits per heavy atom. The predicted molar refractivity (Wildman–Crippen MR) is 57.2 cm³/mol. The lowest BCUT2D eigenvalue weighted by Crippen LogP contribution is -2.40. The van der Waals surface area contributed by atoms with E-state index in [0.29, 0.717) is 6.42 Å². The van der Waals surface area contributed by atoms with Gasteiger partial charge in [0, 0.05) is 24.0 Å². The molecule has 0 bridgehead atoms. The fourth-order valence-corrected chi connectivity index (χ4v) is 2.73. The van der Waals surface area contributed by atoms with Crippen LogP contribution in [0.15, 0.2) is 11.6 Å². The van der Waals surface area contributed by atoms with E-state index in [1.165, 1.54) is 0 Å². The van der Waals surface area contributed by atoms with Crippen molar-refractivity contribution in [1.82, 2.24) is 4.98 Å². The number of hydrogen-bond donors (Lipinski definition) is 2. The predicted octanol–water partition coefficient (Wildman–Crippen LogP) is 1.32. The quantitative estimate of drug-likeness (QED) is 0.777. The molecule has 4 heteroatoms. The van der Waals surface area contributed by atoms with Crippen LogP contribution in [-0.4, -0.2) is 21.7 Å². The number of aliphatic hydroxyl groups is 1. The maximum absolute atomic E-state index is 10.3. The van der Waals surface area contributed by atoms with Gasteiger partial charge >= 0.3 is 0 Å². The summed E-state index contributed by atoms with van der Waals surface area (Å²) in [7, 11) is 0. The number of hydrogen-bond acceptors (Lipinski definition) is 4. The van der Waals surface area contributed by atoms with Crippen molar-refractivity contribution in [3.8, 4) is 0 Å². The Kier molecular flexibility index (Phi) is 2.85. The molecule has 3 nitrogen and oxygen atoms in total. The molecule has 1 fully saturated rings. The molecule has 0 amide bonds. The van der Waals surface area contributed by atoms with E-state index >= 15 is 0 Å². The molecule has 1 saturated carbocycles. The second-order valence-corrected chi connectivity index (χ2v) is 5.14. The number of nitrogens with two attached hydrogens (primary N) is 1. The first-order valence-electron chi connectivity index (χ1n) is 5.04. The summed E-state index contributed by atoms with van der Waals surface area (Å²) in [5.41, 5.74) is 5.26. The van der Waals surface area contributed by atoms with Gasteiger partial charge in [-0.15, -0.1) is 11.3 Å². The zero-order chi connectivity index (χ0) is 10.0. The molecule has 0 aromatic carbocycles. The second kappa shape index (κ2) is 3.96. The Morgan fingerprint density at radius 1 is 1.57 bits per heavy atom. The van der Waals surface area contributed by atoms with Gasteiger partial charge in [-0.3, -0.25) is 0 Å². The molecule has 2 rings (SSSR count). The van der Waals surface area contributed by atoms with Crippen LogP contribution in [-0.2, 0) is 6.42 Å². The van der Waals surface area contributed by atoms with E-state index in [2.05, 4.69) is 4.98 Å². The summed E-state index contributed by atoms with van der Waals surface area (Å²) in [5.74, 6) is 0. The van der Waals surface area contributed by atoms with Crippen molar-refractivity contribution >= 4 is 11.3 Å². The number of thiazole rings is 1. The molecule has 78 valence electrons. The van der Waals surface area contributed by atoms with Crippen molar-refractivity contribution in [2.45, 2.75) is 43.7 Å².